The Morgan fingerprint density at radius 3 is 3.17 bits per heavy atom. The lowest BCUT2D eigenvalue weighted by molar-refractivity contribution is 0.294. The number of anilines is 1. The average molecular weight is 244 g/mol. The van der Waals surface area contributed by atoms with Crippen LogP contribution >= 0.6 is 28.1 Å². The van der Waals surface area contributed by atoms with Crippen molar-refractivity contribution in [3.8, 4) is 0 Å². The molecule has 0 bridgehead atoms. The van der Waals surface area contributed by atoms with Crippen molar-refractivity contribution in [3.63, 3.8) is 0 Å². The van der Waals surface area contributed by atoms with Crippen LogP contribution in [0.3, 0.4) is 0 Å². The van der Waals surface area contributed by atoms with Crippen LogP contribution in [0.5, 0.6) is 0 Å². The smallest absolute Gasteiger partial charge is 0.261 e. The predicted molar refractivity (Wildman–Crippen MR) is 55.2 cm³/mol. The van der Waals surface area contributed by atoms with Gasteiger partial charge in [0.2, 0.25) is 0 Å². The lowest BCUT2D eigenvalue weighted by Gasteiger charge is -2.20. The van der Waals surface area contributed by atoms with Crippen LogP contribution in [0.1, 0.15) is 5.56 Å². The summed E-state index contributed by atoms with van der Waals surface area (Å²) < 4.78 is 6.18. The van der Waals surface area contributed by atoms with Gasteiger partial charge < -0.3 is 10.1 Å². The van der Waals surface area contributed by atoms with E-state index < -0.39 is 0 Å². The summed E-state index contributed by atoms with van der Waals surface area (Å²) in [6.45, 7) is 0.556. The molecule has 0 saturated carbocycles. The predicted octanol–water partition coefficient (Wildman–Crippen LogP) is 2.68. The van der Waals surface area contributed by atoms with Crippen LogP contribution in [0.4, 0.5) is 5.69 Å². The first-order chi connectivity index (χ1) is 5.77. The molecule has 1 N–H and O–H groups in total. The van der Waals surface area contributed by atoms with E-state index in [1.807, 2.05) is 18.2 Å². The third kappa shape index (κ3) is 1.32. The van der Waals surface area contributed by atoms with Gasteiger partial charge in [0.05, 0.1) is 5.69 Å². The number of benzene rings is 1. The zero-order valence-electron chi connectivity index (χ0n) is 6.13. The molecule has 0 amide bonds. The molecular weight excluding hydrogens is 238 g/mol. The van der Waals surface area contributed by atoms with E-state index in [-0.39, 0.29) is 0 Å². The van der Waals surface area contributed by atoms with Crippen molar-refractivity contribution in [1.82, 2.24) is 0 Å². The van der Waals surface area contributed by atoms with Crippen LogP contribution in [0.15, 0.2) is 22.7 Å². The van der Waals surface area contributed by atoms with E-state index in [2.05, 4.69) is 21.2 Å². The van der Waals surface area contributed by atoms with Crippen LogP contribution < -0.4 is 5.32 Å². The number of nitrogens with one attached hydrogen (secondary N) is 1. The van der Waals surface area contributed by atoms with Crippen molar-refractivity contribution in [2.24, 2.45) is 0 Å². The van der Waals surface area contributed by atoms with Gasteiger partial charge in [0.25, 0.3) is 5.17 Å². The van der Waals surface area contributed by atoms with E-state index in [1.165, 1.54) is 0 Å². The van der Waals surface area contributed by atoms with Crippen molar-refractivity contribution in [1.29, 1.82) is 0 Å². The standard InChI is InChI=1S/C8H6BrNOS/c9-6-3-1-2-5-4-11-8(12)10-7(5)6/h1-3H,4H2,(H,10,12). The Hall–Kier alpha value is -0.610. The number of rotatable bonds is 0. The molecule has 0 spiro atoms. The Kier molecular flexibility index (Phi) is 2.02. The van der Waals surface area contributed by atoms with E-state index >= 15 is 0 Å². The number of thiocarbonyl (C=S) groups is 1. The van der Waals surface area contributed by atoms with Gasteiger partial charge in [-0.3, -0.25) is 0 Å². The van der Waals surface area contributed by atoms with Crippen molar-refractivity contribution in [2.75, 3.05) is 5.32 Å². The van der Waals surface area contributed by atoms with Gasteiger partial charge in [-0.15, -0.1) is 0 Å². The Morgan fingerprint density at radius 1 is 1.50 bits per heavy atom. The number of halogens is 1. The number of hydrogen-bond acceptors (Lipinski definition) is 2. The summed E-state index contributed by atoms with van der Waals surface area (Å²) in [6.07, 6.45) is 0. The zero-order chi connectivity index (χ0) is 8.55. The van der Waals surface area contributed by atoms with Crippen molar-refractivity contribution in [3.05, 3.63) is 28.2 Å². The fourth-order valence-electron chi connectivity index (χ4n) is 1.11. The SMILES string of the molecule is S=C1Nc2c(Br)cccc2CO1. The number of hydrogen-bond donors (Lipinski definition) is 1. The van der Waals surface area contributed by atoms with Gasteiger partial charge in [-0.1, -0.05) is 12.1 Å². The molecule has 0 saturated heterocycles. The van der Waals surface area contributed by atoms with Crippen LogP contribution in [-0.4, -0.2) is 5.17 Å². The Bertz CT molecular complexity index is 340. The van der Waals surface area contributed by atoms with Crippen LogP contribution in [0, 0.1) is 0 Å². The molecule has 1 aromatic carbocycles. The highest BCUT2D eigenvalue weighted by molar-refractivity contribution is 9.10. The lowest BCUT2D eigenvalue weighted by Crippen LogP contribution is -2.20. The van der Waals surface area contributed by atoms with Crippen molar-refractivity contribution >= 4 is 39.0 Å². The Labute approximate surface area is 84.0 Å². The fraction of sp³-hybridized carbons (Fsp3) is 0.125. The molecule has 0 atom stereocenters. The van der Waals surface area contributed by atoms with Gasteiger partial charge in [-0.25, -0.2) is 0 Å². The molecule has 4 heteroatoms. The van der Waals surface area contributed by atoms with E-state index in [9.17, 15) is 0 Å². The molecule has 0 aliphatic carbocycles. The molecule has 0 unspecified atom stereocenters. The summed E-state index contributed by atoms with van der Waals surface area (Å²) >= 11 is 8.32. The summed E-state index contributed by atoms with van der Waals surface area (Å²) in [7, 11) is 0. The summed E-state index contributed by atoms with van der Waals surface area (Å²) in [5.41, 5.74) is 2.15. The van der Waals surface area contributed by atoms with E-state index in [0.29, 0.717) is 11.8 Å². The van der Waals surface area contributed by atoms with Crippen LogP contribution in [0.2, 0.25) is 0 Å². The molecule has 2 rings (SSSR count). The highest BCUT2D eigenvalue weighted by atomic mass is 79.9. The second kappa shape index (κ2) is 3.03. The second-order valence-electron chi connectivity index (χ2n) is 2.48. The molecule has 2 nitrogen and oxygen atoms in total. The second-order valence-corrected chi connectivity index (χ2v) is 3.70. The monoisotopic (exact) mass is 243 g/mol. The summed E-state index contributed by atoms with van der Waals surface area (Å²) in [5.74, 6) is 0. The maximum Gasteiger partial charge on any atom is 0.261 e. The van der Waals surface area contributed by atoms with Gasteiger partial charge in [-0.2, -0.15) is 0 Å². The quantitative estimate of drug-likeness (QED) is 0.709. The minimum Gasteiger partial charge on any atom is -0.466 e. The molecule has 1 aromatic rings. The molecule has 1 aliphatic rings. The molecule has 1 heterocycles. The van der Waals surface area contributed by atoms with Crippen LogP contribution in [0.25, 0.3) is 0 Å². The van der Waals surface area contributed by atoms with E-state index in [1.54, 1.807) is 0 Å². The fourth-order valence-corrected chi connectivity index (χ4v) is 1.78. The molecule has 0 radical (unpaired) electrons. The first-order valence-electron chi connectivity index (χ1n) is 3.48. The first-order valence-corrected chi connectivity index (χ1v) is 4.68. The van der Waals surface area contributed by atoms with Gasteiger partial charge in [0.1, 0.15) is 6.61 Å². The lowest BCUT2D eigenvalue weighted by atomic mass is 10.2. The molecule has 12 heavy (non-hydrogen) atoms. The molecule has 62 valence electrons. The largest absolute Gasteiger partial charge is 0.466 e. The molecule has 0 aromatic heterocycles. The maximum atomic E-state index is 5.16. The van der Waals surface area contributed by atoms with E-state index in [0.717, 1.165) is 15.7 Å². The summed E-state index contributed by atoms with van der Waals surface area (Å²) in [4.78, 5) is 0. The summed E-state index contributed by atoms with van der Waals surface area (Å²) in [5, 5.41) is 3.43. The third-order valence-corrected chi connectivity index (χ3v) is 2.57. The van der Waals surface area contributed by atoms with E-state index in [4.69, 9.17) is 17.0 Å². The molecular formula is C8H6BrNOS. The van der Waals surface area contributed by atoms with Crippen molar-refractivity contribution < 1.29 is 4.74 Å². The normalized spacial score (nSPS) is 14.6. The topological polar surface area (TPSA) is 21.3 Å². The maximum absolute atomic E-state index is 5.16. The Morgan fingerprint density at radius 2 is 2.33 bits per heavy atom. The highest BCUT2D eigenvalue weighted by Crippen LogP contribution is 2.29. The zero-order valence-corrected chi connectivity index (χ0v) is 8.54. The first kappa shape index (κ1) is 8.01. The molecule has 0 fully saturated rings. The number of ether oxygens (including phenoxy) is 1. The van der Waals surface area contributed by atoms with Gasteiger partial charge >= 0.3 is 0 Å². The Balaban J connectivity index is 2.50. The minimum atomic E-state index is 0.439. The minimum absolute atomic E-state index is 0.439. The third-order valence-electron chi connectivity index (χ3n) is 1.69. The van der Waals surface area contributed by atoms with Gasteiger partial charge in [-0.05, 0) is 34.2 Å². The average Bonchev–Trinajstić information content (AvgIpc) is 2.07. The van der Waals surface area contributed by atoms with Gasteiger partial charge in [0.15, 0.2) is 0 Å². The number of para-hydroxylation sites is 1. The molecule has 1 aliphatic heterocycles. The number of fused-ring (bicyclic) bond motifs is 1. The van der Waals surface area contributed by atoms with Gasteiger partial charge in [0, 0.05) is 10.0 Å². The van der Waals surface area contributed by atoms with Crippen molar-refractivity contribution in [2.45, 2.75) is 6.61 Å². The van der Waals surface area contributed by atoms with Crippen LogP contribution in [-0.2, 0) is 11.3 Å². The highest BCUT2D eigenvalue weighted by Gasteiger charge is 2.14. The summed E-state index contributed by atoms with van der Waals surface area (Å²) in [6, 6.07) is 5.96.